The number of aromatic nitrogens is 2. The fraction of sp³-hybridized carbons (Fsp3) is 0.333. The van der Waals surface area contributed by atoms with Gasteiger partial charge < -0.3 is 9.67 Å². The molecule has 0 spiro atoms. The van der Waals surface area contributed by atoms with Crippen LogP contribution in [0.25, 0.3) is 11.0 Å². The molecule has 0 saturated heterocycles. The van der Waals surface area contributed by atoms with Gasteiger partial charge in [-0.3, -0.25) is 4.79 Å². The quantitative estimate of drug-likeness (QED) is 0.838. The standard InChI is InChI=1S/C12H13ClN2O2/c1-8-12(17)15(7-9(16)6-13)11-5-3-2-4-10(11)14-8/h2-5,9,16H,6-7H2,1H3. The Balaban J connectivity index is 2.66. The lowest BCUT2D eigenvalue weighted by atomic mass is 10.2. The summed E-state index contributed by atoms with van der Waals surface area (Å²) in [6.07, 6.45) is -0.737. The van der Waals surface area contributed by atoms with Gasteiger partial charge >= 0.3 is 0 Å². The van der Waals surface area contributed by atoms with Crippen molar-refractivity contribution in [3.05, 3.63) is 40.3 Å². The summed E-state index contributed by atoms with van der Waals surface area (Å²) in [5, 5.41) is 9.57. The number of rotatable bonds is 3. The topological polar surface area (TPSA) is 55.1 Å². The second-order valence-corrected chi connectivity index (χ2v) is 4.22. The molecular weight excluding hydrogens is 240 g/mol. The van der Waals surface area contributed by atoms with Crippen LogP contribution in [0.1, 0.15) is 5.69 Å². The van der Waals surface area contributed by atoms with Crippen molar-refractivity contribution in [3.8, 4) is 0 Å². The number of alkyl halides is 1. The zero-order valence-electron chi connectivity index (χ0n) is 9.43. The third-order valence-electron chi connectivity index (χ3n) is 2.59. The van der Waals surface area contributed by atoms with Gasteiger partial charge in [0.1, 0.15) is 5.69 Å². The van der Waals surface area contributed by atoms with Gasteiger partial charge in [-0.15, -0.1) is 11.6 Å². The minimum Gasteiger partial charge on any atom is -0.390 e. The van der Waals surface area contributed by atoms with Gasteiger partial charge in [-0.25, -0.2) is 4.98 Å². The van der Waals surface area contributed by atoms with E-state index in [1.54, 1.807) is 6.92 Å². The Morgan fingerprint density at radius 3 is 2.88 bits per heavy atom. The van der Waals surface area contributed by atoms with Gasteiger partial charge in [-0.05, 0) is 19.1 Å². The smallest absolute Gasteiger partial charge is 0.272 e. The average Bonchev–Trinajstić information content (AvgIpc) is 2.34. The molecule has 1 N–H and O–H groups in total. The highest BCUT2D eigenvalue weighted by Crippen LogP contribution is 2.10. The molecule has 0 aliphatic carbocycles. The predicted molar refractivity (Wildman–Crippen MR) is 67.5 cm³/mol. The van der Waals surface area contributed by atoms with Crippen molar-refractivity contribution in [1.82, 2.24) is 9.55 Å². The summed E-state index contributed by atoms with van der Waals surface area (Å²) >= 11 is 5.56. The Bertz CT molecular complexity index is 595. The van der Waals surface area contributed by atoms with Gasteiger partial charge in [0.2, 0.25) is 0 Å². The number of aliphatic hydroxyl groups is 1. The number of hydrogen-bond acceptors (Lipinski definition) is 3. The number of fused-ring (bicyclic) bond motifs is 1. The molecule has 0 bridgehead atoms. The lowest BCUT2D eigenvalue weighted by Crippen LogP contribution is -2.29. The van der Waals surface area contributed by atoms with Crippen molar-refractivity contribution in [3.63, 3.8) is 0 Å². The van der Waals surface area contributed by atoms with Crippen molar-refractivity contribution in [2.24, 2.45) is 0 Å². The van der Waals surface area contributed by atoms with E-state index in [2.05, 4.69) is 4.98 Å². The van der Waals surface area contributed by atoms with Gasteiger partial charge in [-0.1, -0.05) is 12.1 Å². The number of hydrogen-bond donors (Lipinski definition) is 1. The van der Waals surface area contributed by atoms with Crippen LogP contribution >= 0.6 is 11.6 Å². The monoisotopic (exact) mass is 252 g/mol. The van der Waals surface area contributed by atoms with Gasteiger partial charge in [0.05, 0.1) is 29.6 Å². The Kier molecular flexibility index (Phi) is 3.45. The molecule has 0 amide bonds. The molecule has 1 aromatic carbocycles. The first-order valence-corrected chi connectivity index (χ1v) is 5.87. The van der Waals surface area contributed by atoms with E-state index >= 15 is 0 Å². The Morgan fingerprint density at radius 2 is 2.18 bits per heavy atom. The maximum atomic E-state index is 12.0. The molecule has 0 aliphatic rings. The molecule has 4 nitrogen and oxygen atoms in total. The molecule has 2 aromatic rings. The number of aryl methyl sites for hydroxylation is 1. The summed E-state index contributed by atoms with van der Waals surface area (Å²) in [5.74, 6) is 0.0993. The predicted octanol–water partition coefficient (Wildman–Crippen LogP) is 1.30. The molecule has 1 atom stereocenters. The van der Waals surface area contributed by atoms with Crippen LogP contribution in [0.3, 0.4) is 0 Å². The number of aliphatic hydroxyl groups excluding tert-OH is 1. The first kappa shape index (κ1) is 12.1. The van der Waals surface area contributed by atoms with E-state index in [-0.39, 0.29) is 18.0 Å². The van der Waals surface area contributed by atoms with Crippen molar-refractivity contribution in [2.45, 2.75) is 19.6 Å². The first-order chi connectivity index (χ1) is 8.13. The third kappa shape index (κ3) is 2.33. The van der Waals surface area contributed by atoms with E-state index in [1.807, 2.05) is 24.3 Å². The van der Waals surface area contributed by atoms with Crippen molar-refractivity contribution in [1.29, 1.82) is 0 Å². The molecule has 0 radical (unpaired) electrons. The molecule has 2 rings (SSSR count). The van der Waals surface area contributed by atoms with Gasteiger partial charge in [0.15, 0.2) is 0 Å². The van der Waals surface area contributed by atoms with Crippen LogP contribution in [-0.4, -0.2) is 26.6 Å². The molecule has 1 heterocycles. The Labute approximate surface area is 103 Å². The Morgan fingerprint density at radius 1 is 1.47 bits per heavy atom. The van der Waals surface area contributed by atoms with Crippen LogP contribution in [0, 0.1) is 6.92 Å². The van der Waals surface area contributed by atoms with Crippen LogP contribution in [0.15, 0.2) is 29.1 Å². The normalized spacial score (nSPS) is 12.9. The summed E-state index contributed by atoms with van der Waals surface area (Å²) in [6, 6.07) is 7.35. The molecule has 17 heavy (non-hydrogen) atoms. The van der Waals surface area contributed by atoms with Crippen LogP contribution in [0.2, 0.25) is 0 Å². The lowest BCUT2D eigenvalue weighted by Gasteiger charge is -2.13. The number of nitrogens with zero attached hydrogens (tertiary/aromatic N) is 2. The van der Waals surface area contributed by atoms with E-state index < -0.39 is 6.10 Å². The van der Waals surface area contributed by atoms with Crippen LogP contribution in [0.4, 0.5) is 0 Å². The fourth-order valence-corrected chi connectivity index (χ4v) is 1.86. The molecule has 90 valence electrons. The Hall–Kier alpha value is -1.39. The number of benzene rings is 1. The van der Waals surface area contributed by atoms with Crippen molar-refractivity contribution < 1.29 is 5.11 Å². The second kappa shape index (κ2) is 4.85. The summed E-state index contributed by atoms with van der Waals surface area (Å²) in [7, 11) is 0. The summed E-state index contributed by atoms with van der Waals surface area (Å²) in [5.41, 5.74) is 1.69. The first-order valence-electron chi connectivity index (χ1n) is 5.33. The average molecular weight is 253 g/mol. The number of para-hydroxylation sites is 2. The molecule has 0 aliphatic heterocycles. The second-order valence-electron chi connectivity index (χ2n) is 3.91. The molecule has 1 unspecified atom stereocenters. The van der Waals surface area contributed by atoms with Crippen LogP contribution in [0.5, 0.6) is 0 Å². The SMILES string of the molecule is Cc1nc2ccccc2n(CC(O)CCl)c1=O. The highest BCUT2D eigenvalue weighted by Gasteiger charge is 2.11. The van der Waals surface area contributed by atoms with Crippen LogP contribution < -0.4 is 5.56 Å². The fourth-order valence-electron chi connectivity index (χ4n) is 1.76. The van der Waals surface area contributed by atoms with Gasteiger partial charge in [-0.2, -0.15) is 0 Å². The van der Waals surface area contributed by atoms with E-state index in [4.69, 9.17) is 11.6 Å². The van der Waals surface area contributed by atoms with E-state index in [1.165, 1.54) is 4.57 Å². The maximum absolute atomic E-state index is 12.0. The minimum absolute atomic E-state index is 0.0993. The summed E-state index contributed by atoms with van der Waals surface area (Å²) in [4.78, 5) is 16.2. The lowest BCUT2D eigenvalue weighted by molar-refractivity contribution is 0.177. The highest BCUT2D eigenvalue weighted by molar-refractivity contribution is 6.18. The largest absolute Gasteiger partial charge is 0.390 e. The zero-order chi connectivity index (χ0) is 12.4. The summed E-state index contributed by atoms with van der Waals surface area (Å²) < 4.78 is 1.52. The van der Waals surface area contributed by atoms with Crippen molar-refractivity contribution in [2.75, 3.05) is 5.88 Å². The van der Waals surface area contributed by atoms with E-state index in [0.717, 1.165) is 5.52 Å². The minimum atomic E-state index is -0.737. The van der Waals surface area contributed by atoms with Crippen LogP contribution in [-0.2, 0) is 6.54 Å². The summed E-state index contributed by atoms with van der Waals surface area (Å²) in [6.45, 7) is 1.85. The molecule has 5 heteroatoms. The van der Waals surface area contributed by atoms with Crippen molar-refractivity contribution >= 4 is 22.6 Å². The van der Waals surface area contributed by atoms with E-state index in [9.17, 15) is 9.90 Å². The van der Waals surface area contributed by atoms with Gasteiger partial charge in [0, 0.05) is 0 Å². The maximum Gasteiger partial charge on any atom is 0.272 e. The highest BCUT2D eigenvalue weighted by atomic mass is 35.5. The molecular formula is C12H13ClN2O2. The number of halogens is 1. The molecule has 1 aromatic heterocycles. The third-order valence-corrected chi connectivity index (χ3v) is 2.94. The molecule has 0 fully saturated rings. The van der Waals surface area contributed by atoms with Gasteiger partial charge in [0.25, 0.3) is 5.56 Å². The zero-order valence-corrected chi connectivity index (χ0v) is 10.2. The van der Waals surface area contributed by atoms with E-state index in [0.29, 0.717) is 11.2 Å². The molecule has 0 saturated carbocycles.